The molecule has 5 rings (SSSR count). The van der Waals surface area contributed by atoms with Gasteiger partial charge >= 0.3 is 0 Å². The van der Waals surface area contributed by atoms with Gasteiger partial charge in [0.25, 0.3) is 0 Å². The molecule has 2 bridgehead atoms. The Hall–Kier alpha value is -1.70. The summed E-state index contributed by atoms with van der Waals surface area (Å²) >= 11 is 0. The Labute approximate surface area is 107 Å². The first-order valence-electron chi connectivity index (χ1n) is 6.46. The van der Waals surface area contributed by atoms with E-state index >= 15 is 0 Å². The van der Waals surface area contributed by atoms with Gasteiger partial charge in [-0.3, -0.25) is 0 Å². The van der Waals surface area contributed by atoms with Crippen LogP contribution in [0.3, 0.4) is 0 Å². The standard InChI is InChI=1S/C16H16O2/c1-17-13-7-8-14(18-2)16-12-6-5-11(15(13)16)9-3-4-10(9)12/h3-12H,1-2H3/t9-,10-,11-,12-/m0/s1. The Kier molecular flexibility index (Phi) is 1.94. The highest BCUT2D eigenvalue weighted by Gasteiger charge is 2.47. The molecule has 4 aliphatic carbocycles. The molecular weight excluding hydrogens is 224 g/mol. The predicted octanol–water partition coefficient (Wildman–Crippen LogP) is 3.26. The number of hydrogen-bond donors (Lipinski definition) is 0. The fraction of sp³-hybridized carbons (Fsp3) is 0.375. The van der Waals surface area contributed by atoms with E-state index in [0.717, 1.165) is 11.5 Å². The maximum absolute atomic E-state index is 5.56. The highest BCUT2D eigenvalue weighted by atomic mass is 16.5. The van der Waals surface area contributed by atoms with Gasteiger partial charge < -0.3 is 9.47 Å². The van der Waals surface area contributed by atoms with Crippen LogP contribution in [0.5, 0.6) is 11.5 Å². The molecule has 1 aromatic carbocycles. The van der Waals surface area contributed by atoms with Gasteiger partial charge in [0.15, 0.2) is 0 Å². The molecule has 18 heavy (non-hydrogen) atoms. The molecule has 92 valence electrons. The monoisotopic (exact) mass is 240 g/mol. The van der Waals surface area contributed by atoms with Gasteiger partial charge in [0.05, 0.1) is 14.2 Å². The summed E-state index contributed by atoms with van der Waals surface area (Å²) in [4.78, 5) is 0. The van der Waals surface area contributed by atoms with Crippen LogP contribution in [0, 0.1) is 11.8 Å². The average molecular weight is 240 g/mol. The first kappa shape index (κ1) is 10.2. The number of ether oxygens (including phenoxy) is 2. The zero-order valence-electron chi connectivity index (χ0n) is 10.6. The van der Waals surface area contributed by atoms with Crippen LogP contribution in [0.2, 0.25) is 0 Å². The molecule has 0 saturated carbocycles. The smallest absolute Gasteiger partial charge is 0.123 e. The van der Waals surface area contributed by atoms with Gasteiger partial charge in [0, 0.05) is 23.0 Å². The molecule has 2 nitrogen and oxygen atoms in total. The Morgan fingerprint density at radius 1 is 0.722 bits per heavy atom. The molecule has 0 unspecified atom stereocenters. The molecule has 0 saturated heterocycles. The lowest BCUT2D eigenvalue weighted by Crippen LogP contribution is -2.38. The summed E-state index contributed by atoms with van der Waals surface area (Å²) < 4.78 is 11.1. The van der Waals surface area contributed by atoms with E-state index in [1.807, 2.05) is 12.1 Å². The first-order chi connectivity index (χ1) is 8.85. The number of hydrogen-bond acceptors (Lipinski definition) is 2. The van der Waals surface area contributed by atoms with Crippen molar-refractivity contribution < 1.29 is 9.47 Å². The van der Waals surface area contributed by atoms with E-state index in [0.29, 0.717) is 23.7 Å². The second-order valence-corrected chi connectivity index (χ2v) is 5.27. The number of methoxy groups -OCH3 is 2. The summed E-state index contributed by atoms with van der Waals surface area (Å²) in [6.45, 7) is 0. The van der Waals surface area contributed by atoms with Crippen molar-refractivity contribution >= 4 is 0 Å². The highest BCUT2D eigenvalue weighted by molar-refractivity contribution is 5.61. The second kappa shape index (κ2) is 3.41. The molecule has 0 spiro atoms. The minimum Gasteiger partial charge on any atom is -0.496 e. The van der Waals surface area contributed by atoms with Gasteiger partial charge in [-0.2, -0.15) is 0 Å². The Bertz CT molecular complexity index is 522. The van der Waals surface area contributed by atoms with Crippen LogP contribution in [0.15, 0.2) is 36.4 Å². The van der Waals surface area contributed by atoms with Crippen LogP contribution < -0.4 is 9.47 Å². The van der Waals surface area contributed by atoms with Crippen LogP contribution in [0.25, 0.3) is 0 Å². The third kappa shape index (κ3) is 1.04. The van der Waals surface area contributed by atoms with Crippen molar-refractivity contribution in [3.63, 3.8) is 0 Å². The maximum Gasteiger partial charge on any atom is 0.123 e. The van der Waals surface area contributed by atoms with E-state index in [9.17, 15) is 0 Å². The van der Waals surface area contributed by atoms with Gasteiger partial charge in [0.1, 0.15) is 11.5 Å². The molecule has 1 aromatic rings. The van der Waals surface area contributed by atoms with Crippen molar-refractivity contribution in [3.05, 3.63) is 47.6 Å². The van der Waals surface area contributed by atoms with Gasteiger partial charge in [-0.05, 0) is 24.0 Å². The third-order valence-corrected chi connectivity index (χ3v) is 4.67. The molecule has 0 amide bonds. The van der Waals surface area contributed by atoms with E-state index in [1.165, 1.54) is 11.1 Å². The lowest BCUT2D eigenvalue weighted by Gasteiger charge is -2.49. The highest BCUT2D eigenvalue weighted by Crippen LogP contribution is 2.60. The quantitative estimate of drug-likeness (QED) is 0.739. The summed E-state index contributed by atoms with van der Waals surface area (Å²) in [7, 11) is 3.50. The molecule has 0 heterocycles. The Morgan fingerprint density at radius 3 is 1.50 bits per heavy atom. The molecule has 0 radical (unpaired) electrons. The lowest BCUT2D eigenvalue weighted by molar-refractivity contribution is 0.294. The summed E-state index contributed by atoms with van der Waals surface area (Å²) in [5.41, 5.74) is 2.69. The zero-order valence-corrected chi connectivity index (χ0v) is 10.6. The average Bonchev–Trinajstić information content (AvgIpc) is 2.37. The summed E-state index contributed by atoms with van der Waals surface area (Å²) in [6.07, 6.45) is 9.38. The maximum atomic E-state index is 5.56. The van der Waals surface area contributed by atoms with Gasteiger partial charge in [-0.1, -0.05) is 24.3 Å². The lowest BCUT2D eigenvalue weighted by atomic mass is 9.55. The van der Waals surface area contributed by atoms with Crippen LogP contribution in [-0.4, -0.2) is 14.2 Å². The first-order valence-corrected chi connectivity index (χ1v) is 6.46. The SMILES string of the molecule is COc1ccc(OC)c2c1[C@H]1C=C[C@H]2[C@H]2C=C[C@@H]21. The fourth-order valence-corrected chi connectivity index (χ4v) is 3.80. The van der Waals surface area contributed by atoms with Crippen molar-refractivity contribution in [3.8, 4) is 11.5 Å². The number of benzene rings is 1. The van der Waals surface area contributed by atoms with Crippen molar-refractivity contribution in [1.29, 1.82) is 0 Å². The van der Waals surface area contributed by atoms with E-state index < -0.39 is 0 Å². The Morgan fingerprint density at radius 2 is 1.17 bits per heavy atom. The van der Waals surface area contributed by atoms with Crippen molar-refractivity contribution in [1.82, 2.24) is 0 Å². The van der Waals surface area contributed by atoms with Crippen molar-refractivity contribution in [2.24, 2.45) is 11.8 Å². The van der Waals surface area contributed by atoms with E-state index in [2.05, 4.69) is 24.3 Å². The molecule has 0 N–H and O–H groups in total. The molecular formula is C16H16O2. The summed E-state index contributed by atoms with van der Waals surface area (Å²) in [6, 6.07) is 4.06. The van der Waals surface area contributed by atoms with E-state index in [4.69, 9.17) is 9.47 Å². The topological polar surface area (TPSA) is 18.5 Å². The molecule has 4 aliphatic rings. The van der Waals surface area contributed by atoms with Gasteiger partial charge in [-0.25, -0.2) is 0 Å². The zero-order chi connectivity index (χ0) is 12.3. The van der Waals surface area contributed by atoms with Crippen LogP contribution in [0.1, 0.15) is 23.0 Å². The van der Waals surface area contributed by atoms with Gasteiger partial charge in [0.2, 0.25) is 0 Å². The van der Waals surface area contributed by atoms with Crippen molar-refractivity contribution in [2.75, 3.05) is 14.2 Å². The second-order valence-electron chi connectivity index (χ2n) is 5.27. The minimum atomic E-state index is 0.463. The summed E-state index contributed by atoms with van der Waals surface area (Å²) in [5.74, 6) is 4.25. The van der Waals surface area contributed by atoms with E-state index in [-0.39, 0.29) is 0 Å². The van der Waals surface area contributed by atoms with E-state index in [1.54, 1.807) is 14.2 Å². The molecule has 2 heteroatoms. The third-order valence-electron chi connectivity index (χ3n) is 4.67. The van der Waals surface area contributed by atoms with Crippen molar-refractivity contribution in [2.45, 2.75) is 11.8 Å². The number of rotatable bonds is 2. The summed E-state index contributed by atoms with van der Waals surface area (Å²) in [5, 5.41) is 0. The van der Waals surface area contributed by atoms with Crippen LogP contribution >= 0.6 is 0 Å². The molecule has 0 fully saturated rings. The van der Waals surface area contributed by atoms with Crippen LogP contribution in [-0.2, 0) is 0 Å². The Balaban J connectivity index is 1.99. The molecule has 4 atom stereocenters. The predicted molar refractivity (Wildman–Crippen MR) is 70.3 cm³/mol. The number of allylic oxidation sites excluding steroid dienone is 4. The fourth-order valence-electron chi connectivity index (χ4n) is 3.80. The van der Waals surface area contributed by atoms with Crippen LogP contribution in [0.4, 0.5) is 0 Å². The normalized spacial score (nSPS) is 33.7. The molecule has 0 aliphatic heterocycles. The largest absolute Gasteiger partial charge is 0.496 e. The minimum absolute atomic E-state index is 0.463. The van der Waals surface area contributed by atoms with Gasteiger partial charge in [-0.15, -0.1) is 0 Å². The molecule has 0 aromatic heterocycles.